The average molecular weight is 298 g/mol. The molecule has 1 saturated carbocycles. The molecule has 2 N–H and O–H groups in total. The van der Waals surface area contributed by atoms with Gasteiger partial charge in [0.15, 0.2) is 0 Å². The standard InChI is InChI=1S/C15H26N2O4/c1-2-21-14(20)16-5-3-11(4-6-16)17-7-12-13(8-17)15(12,9-18)10-19/h11-13,18-19H,2-10H2,1H3. The third-order valence-corrected chi connectivity index (χ3v) is 5.81. The summed E-state index contributed by atoms with van der Waals surface area (Å²) in [5, 5.41) is 18.9. The first-order valence-corrected chi connectivity index (χ1v) is 8.03. The van der Waals surface area contributed by atoms with Crippen molar-refractivity contribution in [2.45, 2.75) is 25.8 Å². The SMILES string of the molecule is CCOC(=O)N1CCC(N2CC3C(C2)C3(CO)CO)CC1. The number of hydrogen-bond donors (Lipinski definition) is 2. The van der Waals surface area contributed by atoms with Gasteiger partial charge in [-0.2, -0.15) is 0 Å². The molecule has 120 valence electrons. The molecular formula is C15H26N2O4. The number of nitrogens with zero attached hydrogens (tertiary/aromatic N) is 2. The van der Waals surface area contributed by atoms with Crippen LogP contribution in [0.1, 0.15) is 19.8 Å². The average Bonchev–Trinajstić information content (AvgIpc) is 2.88. The molecule has 0 aromatic rings. The van der Waals surface area contributed by atoms with Crippen molar-refractivity contribution >= 4 is 6.09 Å². The first-order chi connectivity index (χ1) is 10.2. The van der Waals surface area contributed by atoms with Gasteiger partial charge in [0.25, 0.3) is 0 Å². The lowest BCUT2D eigenvalue weighted by Crippen LogP contribution is -2.47. The van der Waals surface area contributed by atoms with Crippen molar-refractivity contribution < 1.29 is 19.7 Å². The normalized spacial score (nSPS) is 32.0. The Morgan fingerprint density at radius 3 is 2.24 bits per heavy atom. The Morgan fingerprint density at radius 1 is 1.19 bits per heavy atom. The molecule has 2 aliphatic heterocycles. The van der Waals surface area contributed by atoms with Crippen LogP contribution in [0.2, 0.25) is 0 Å². The van der Waals surface area contributed by atoms with Gasteiger partial charge >= 0.3 is 6.09 Å². The summed E-state index contributed by atoms with van der Waals surface area (Å²) in [4.78, 5) is 16.0. The van der Waals surface area contributed by atoms with Crippen molar-refractivity contribution in [2.75, 3.05) is 46.0 Å². The number of aliphatic hydroxyl groups excluding tert-OH is 2. The summed E-state index contributed by atoms with van der Waals surface area (Å²) in [6.07, 6.45) is 1.78. The van der Waals surface area contributed by atoms with Crippen LogP contribution in [0, 0.1) is 17.3 Å². The fraction of sp³-hybridized carbons (Fsp3) is 0.933. The van der Waals surface area contributed by atoms with E-state index in [0.717, 1.165) is 39.0 Å². The highest BCUT2D eigenvalue weighted by Gasteiger charge is 2.67. The third kappa shape index (κ3) is 2.43. The number of rotatable bonds is 4. The van der Waals surface area contributed by atoms with Gasteiger partial charge in [-0.25, -0.2) is 4.79 Å². The molecule has 2 atom stereocenters. The first-order valence-electron chi connectivity index (χ1n) is 8.03. The lowest BCUT2D eigenvalue weighted by molar-refractivity contribution is 0.0550. The van der Waals surface area contributed by atoms with Crippen LogP contribution in [0.4, 0.5) is 4.79 Å². The van der Waals surface area contributed by atoms with Gasteiger partial charge in [-0.1, -0.05) is 0 Å². The van der Waals surface area contributed by atoms with Crippen LogP contribution in [-0.4, -0.2) is 78.1 Å². The van der Waals surface area contributed by atoms with E-state index in [1.807, 2.05) is 6.92 Å². The number of piperidine rings is 2. The number of carbonyl (C=O) groups excluding carboxylic acids is 1. The Bertz CT molecular complexity index is 377. The van der Waals surface area contributed by atoms with E-state index in [0.29, 0.717) is 24.5 Å². The zero-order chi connectivity index (χ0) is 15.0. The predicted octanol–water partition coefficient (Wildman–Crippen LogP) is 0.140. The molecule has 2 saturated heterocycles. The minimum absolute atomic E-state index is 0.105. The lowest BCUT2D eigenvalue weighted by Gasteiger charge is -2.38. The molecule has 3 rings (SSSR count). The fourth-order valence-corrected chi connectivity index (χ4v) is 4.31. The van der Waals surface area contributed by atoms with E-state index in [1.165, 1.54) is 0 Å². The number of hydrogen-bond acceptors (Lipinski definition) is 5. The van der Waals surface area contributed by atoms with Gasteiger partial charge in [0.1, 0.15) is 0 Å². The molecule has 6 nitrogen and oxygen atoms in total. The summed E-state index contributed by atoms with van der Waals surface area (Å²) >= 11 is 0. The number of aliphatic hydroxyl groups is 2. The van der Waals surface area contributed by atoms with Gasteiger partial charge in [-0.05, 0) is 31.6 Å². The molecule has 0 bridgehead atoms. The Morgan fingerprint density at radius 2 is 1.76 bits per heavy atom. The number of fused-ring (bicyclic) bond motifs is 1. The molecule has 1 aliphatic carbocycles. The van der Waals surface area contributed by atoms with E-state index in [4.69, 9.17) is 4.74 Å². The lowest BCUT2D eigenvalue weighted by atomic mass is 9.99. The van der Waals surface area contributed by atoms with Crippen LogP contribution in [0.3, 0.4) is 0 Å². The second-order valence-corrected chi connectivity index (χ2v) is 6.63. The maximum atomic E-state index is 11.7. The van der Waals surface area contributed by atoms with E-state index < -0.39 is 0 Å². The highest BCUT2D eigenvalue weighted by Crippen LogP contribution is 2.62. The van der Waals surface area contributed by atoms with E-state index in [1.54, 1.807) is 4.90 Å². The second-order valence-electron chi connectivity index (χ2n) is 6.63. The van der Waals surface area contributed by atoms with Gasteiger partial charge in [-0.15, -0.1) is 0 Å². The summed E-state index contributed by atoms with van der Waals surface area (Å²) in [5.41, 5.74) is -0.206. The number of amides is 1. The summed E-state index contributed by atoms with van der Waals surface area (Å²) in [5.74, 6) is 0.908. The maximum absolute atomic E-state index is 11.7. The minimum Gasteiger partial charge on any atom is -0.450 e. The van der Waals surface area contributed by atoms with Crippen molar-refractivity contribution in [2.24, 2.45) is 17.3 Å². The molecule has 0 radical (unpaired) electrons. The third-order valence-electron chi connectivity index (χ3n) is 5.81. The van der Waals surface area contributed by atoms with Gasteiger partial charge in [0, 0.05) is 37.6 Å². The van der Waals surface area contributed by atoms with Gasteiger partial charge in [0.2, 0.25) is 0 Å². The largest absolute Gasteiger partial charge is 0.450 e. The van der Waals surface area contributed by atoms with E-state index in [-0.39, 0.29) is 24.7 Å². The van der Waals surface area contributed by atoms with E-state index in [9.17, 15) is 15.0 Å². The molecule has 0 spiro atoms. The summed E-state index contributed by atoms with van der Waals surface area (Å²) in [7, 11) is 0. The van der Waals surface area contributed by atoms with Crippen molar-refractivity contribution in [1.82, 2.24) is 9.80 Å². The Kier molecular flexibility index (Phi) is 4.12. The molecule has 1 amide bonds. The minimum atomic E-state index is -0.206. The second kappa shape index (κ2) is 5.74. The quantitative estimate of drug-likeness (QED) is 0.772. The Balaban J connectivity index is 1.46. The number of carbonyl (C=O) groups is 1. The number of likely N-dealkylation sites (tertiary alicyclic amines) is 2. The zero-order valence-corrected chi connectivity index (χ0v) is 12.7. The highest BCUT2D eigenvalue weighted by atomic mass is 16.6. The van der Waals surface area contributed by atoms with Crippen LogP contribution in [0.5, 0.6) is 0 Å². The molecule has 0 aromatic carbocycles. The monoisotopic (exact) mass is 298 g/mol. The molecule has 0 aromatic heterocycles. The van der Waals surface area contributed by atoms with E-state index >= 15 is 0 Å². The fourth-order valence-electron chi connectivity index (χ4n) is 4.31. The Hall–Kier alpha value is -0.850. The van der Waals surface area contributed by atoms with Crippen LogP contribution in [0.25, 0.3) is 0 Å². The van der Waals surface area contributed by atoms with Crippen molar-refractivity contribution in [1.29, 1.82) is 0 Å². The molecular weight excluding hydrogens is 272 g/mol. The Labute approximate surface area is 125 Å². The molecule has 2 unspecified atom stereocenters. The highest BCUT2D eigenvalue weighted by molar-refractivity contribution is 5.67. The van der Waals surface area contributed by atoms with E-state index in [2.05, 4.69) is 4.90 Å². The molecule has 21 heavy (non-hydrogen) atoms. The molecule has 3 fully saturated rings. The van der Waals surface area contributed by atoms with Crippen molar-refractivity contribution in [3.63, 3.8) is 0 Å². The van der Waals surface area contributed by atoms with Gasteiger partial charge < -0.3 is 19.8 Å². The van der Waals surface area contributed by atoms with Gasteiger partial charge in [-0.3, -0.25) is 4.90 Å². The molecule has 2 heterocycles. The van der Waals surface area contributed by atoms with Crippen LogP contribution < -0.4 is 0 Å². The summed E-state index contributed by atoms with van der Waals surface area (Å²) in [6.45, 7) is 5.96. The topological polar surface area (TPSA) is 73.2 Å². The van der Waals surface area contributed by atoms with Gasteiger partial charge in [0.05, 0.1) is 19.8 Å². The summed E-state index contributed by atoms with van der Waals surface area (Å²) in [6, 6.07) is 0.526. The number of ether oxygens (including phenoxy) is 1. The van der Waals surface area contributed by atoms with Crippen molar-refractivity contribution in [3.8, 4) is 0 Å². The van der Waals surface area contributed by atoms with Crippen LogP contribution in [-0.2, 0) is 4.74 Å². The van der Waals surface area contributed by atoms with Crippen LogP contribution in [0.15, 0.2) is 0 Å². The predicted molar refractivity (Wildman–Crippen MR) is 76.8 cm³/mol. The molecule has 6 heteroatoms. The smallest absolute Gasteiger partial charge is 0.409 e. The zero-order valence-electron chi connectivity index (χ0n) is 12.7. The summed E-state index contributed by atoms with van der Waals surface area (Å²) < 4.78 is 5.04. The first kappa shape index (κ1) is 15.1. The maximum Gasteiger partial charge on any atom is 0.409 e. The van der Waals surface area contributed by atoms with Crippen molar-refractivity contribution in [3.05, 3.63) is 0 Å². The van der Waals surface area contributed by atoms with Crippen LogP contribution >= 0.6 is 0 Å². The molecule has 3 aliphatic rings.